The lowest BCUT2D eigenvalue weighted by Gasteiger charge is -2.03. The smallest absolute Gasteiger partial charge is 0.383 e. The molecule has 1 aromatic heterocycles. The van der Waals surface area contributed by atoms with E-state index >= 15 is 0 Å². The largest absolute Gasteiger partial charge is 0.836 e. The zero-order chi connectivity index (χ0) is 18.4. The summed E-state index contributed by atoms with van der Waals surface area (Å²) in [6, 6.07) is 18.7. The van der Waals surface area contributed by atoms with Gasteiger partial charge in [-0.05, 0) is 22.8 Å². The fourth-order valence-corrected chi connectivity index (χ4v) is 2.39. The number of carbonyl (C=O) groups excluding carboxylic acids is 1. The maximum absolute atomic E-state index is 12.6. The van der Waals surface area contributed by atoms with Crippen molar-refractivity contribution in [1.29, 1.82) is 0 Å². The quantitative estimate of drug-likeness (QED) is 0.382. The van der Waals surface area contributed by atoms with E-state index < -0.39 is 11.8 Å². The summed E-state index contributed by atoms with van der Waals surface area (Å²) >= 11 is 0. The SMILES string of the molecule is CCOC(=O)c1c([O-])n(N=Cc2ccccc2)n[n+]1Cc1ccccc1. The van der Waals surface area contributed by atoms with Gasteiger partial charge in [-0.25, -0.2) is 4.79 Å². The first-order valence-electron chi connectivity index (χ1n) is 8.19. The van der Waals surface area contributed by atoms with Crippen molar-refractivity contribution in [3.05, 3.63) is 77.5 Å². The van der Waals surface area contributed by atoms with Gasteiger partial charge in [0.15, 0.2) is 5.88 Å². The van der Waals surface area contributed by atoms with Crippen molar-refractivity contribution in [2.75, 3.05) is 6.61 Å². The molecule has 3 rings (SSSR count). The normalized spacial score (nSPS) is 11.0. The highest BCUT2D eigenvalue weighted by molar-refractivity contribution is 5.87. The van der Waals surface area contributed by atoms with Gasteiger partial charge >= 0.3 is 5.97 Å². The summed E-state index contributed by atoms with van der Waals surface area (Å²) in [6.07, 6.45) is 1.51. The standard InChI is InChI=1S/C19H18N4O3/c1-2-26-19(25)17-18(24)23(20-13-15-9-5-3-6-10-15)21-22(17)14-16-11-7-4-8-12-16/h3-13H,2,14H2,1H3. The molecule has 7 nitrogen and oxygen atoms in total. The Morgan fingerprint density at radius 3 is 2.50 bits per heavy atom. The van der Waals surface area contributed by atoms with Gasteiger partial charge in [-0.15, -0.1) is 4.68 Å². The predicted molar refractivity (Wildman–Crippen MR) is 92.8 cm³/mol. The van der Waals surface area contributed by atoms with Crippen molar-refractivity contribution >= 4 is 12.2 Å². The highest BCUT2D eigenvalue weighted by Gasteiger charge is 2.27. The minimum absolute atomic E-state index is 0.152. The molecule has 0 aliphatic rings. The molecule has 0 aliphatic heterocycles. The third-order valence-electron chi connectivity index (χ3n) is 3.59. The first-order valence-corrected chi connectivity index (χ1v) is 8.19. The first-order chi connectivity index (χ1) is 12.7. The van der Waals surface area contributed by atoms with Crippen molar-refractivity contribution in [2.24, 2.45) is 5.10 Å². The van der Waals surface area contributed by atoms with Gasteiger partial charge in [-0.2, -0.15) is 0 Å². The zero-order valence-electron chi connectivity index (χ0n) is 14.3. The van der Waals surface area contributed by atoms with Gasteiger partial charge in [0, 0.05) is 0 Å². The molecule has 0 radical (unpaired) electrons. The Balaban J connectivity index is 1.96. The van der Waals surface area contributed by atoms with E-state index in [-0.39, 0.29) is 18.8 Å². The van der Waals surface area contributed by atoms with Crippen LogP contribution in [0.5, 0.6) is 5.88 Å². The van der Waals surface area contributed by atoms with Gasteiger partial charge in [0.25, 0.3) is 5.69 Å². The predicted octanol–water partition coefficient (Wildman–Crippen LogP) is 1.35. The summed E-state index contributed by atoms with van der Waals surface area (Å²) in [5.41, 5.74) is 1.57. The van der Waals surface area contributed by atoms with Crippen LogP contribution in [-0.2, 0) is 11.3 Å². The summed E-state index contributed by atoms with van der Waals surface area (Å²) in [4.78, 5) is 13.1. The van der Waals surface area contributed by atoms with E-state index in [2.05, 4.69) is 10.3 Å². The van der Waals surface area contributed by atoms with E-state index in [1.807, 2.05) is 60.7 Å². The Kier molecular flexibility index (Phi) is 5.38. The highest BCUT2D eigenvalue weighted by Crippen LogP contribution is 2.11. The molecule has 7 heteroatoms. The van der Waals surface area contributed by atoms with Crippen LogP contribution < -0.4 is 9.79 Å². The molecule has 0 N–H and O–H groups in total. The molecule has 0 unspecified atom stereocenters. The second-order valence-corrected chi connectivity index (χ2v) is 5.45. The molecule has 0 atom stereocenters. The third kappa shape index (κ3) is 3.94. The molecule has 2 aromatic carbocycles. The maximum atomic E-state index is 12.6. The lowest BCUT2D eigenvalue weighted by Crippen LogP contribution is -2.43. The minimum Gasteiger partial charge on any atom is -0.836 e. The monoisotopic (exact) mass is 350 g/mol. The van der Waals surface area contributed by atoms with Crippen molar-refractivity contribution in [3.63, 3.8) is 0 Å². The molecule has 0 saturated heterocycles. The number of rotatable bonds is 6. The Morgan fingerprint density at radius 1 is 1.19 bits per heavy atom. The number of esters is 1. The van der Waals surface area contributed by atoms with E-state index in [0.717, 1.165) is 15.9 Å². The molecule has 0 spiro atoms. The summed E-state index contributed by atoms with van der Waals surface area (Å²) in [6.45, 7) is 2.11. The number of aromatic nitrogens is 3. The number of hydrogen-bond donors (Lipinski definition) is 0. The molecule has 0 bridgehead atoms. The molecular weight excluding hydrogens is 332 g/mol. The average molecular weight is 350 g/mol. The Labute approximate surface area is 150 Å². The van der Waals surface area contributed by atoms with Crippen LogP contribution in [0.25, 0.3) is 0 Å². The topological polar surface area (TPSA) is 83.4 Å². The fraction of sp³-hybridized carbons (Fsp3) is 0.158. The number of nitrogens with zero attached hydrogens (tertiary/aromatic N) is 4. The lowest BCUT2D eigenvalue weighted by molar-refractivity contribution is -0.750. The van der Waals surface area contributed by atoms with E-state index in [1.165, 1.54) is 10.9 Å². The molecule has 1 heterocycles. The third-order valence-corrected chi connectivity index (χ3v) is 3.59. The van der Waals surface area contributed by atoms with Crippen LogP contribution in [0.2, 0.25) is 0 Å². The molecule has 0 amide bonds. The van der Waals surface area contributed by atoms with Gasteiger partial charge < -0.3 is 9.84 Å². The Bertz CT molecular complexity index is 905. The van der Waals surface area contributed by atoms with E-state index in [4.69, 9.17) is 4.74 Å². The second-order valence-electron chi connectivity index (χ2n) is 5.45. The van der Waals surface area contributed by atoms with E-state index in [0.29, 0.717) is 0 Å². The van der Waals surface area contributed by atoms with Crippen LogP contribution in [0.3, 0.4) is 0 Å². The summed E-state index contributed by atoms with van der Waals surface area (Å²) in [5.74, 6) is -1.33. The van der Waals surface area contributed by atoms with E-state index in [1.54, 1.807) is 6.92 Å². The van der Waals surface area contributed by atoms with E-state index in [9.17, 15) is 9.90 Å². The van der Waals surface area contributed by atoms with Crippen molar-refractivity contribution < 1.29 is 19.3 Å². The summed E-state index contributed by atoms with van der Waals surface area (Å²) < 4.78 is 6.32. The highest BCUT2D eigenvalue weighted by atomic mass is 16.5. The first kappa shape index (κ1) is 17.3. The molecule has 132 valence electrons. The molecule has 0 fully saturated rings. The molecule has 26 heavy (non-hydrogen) atoms. The van der Waals surface area contributed by atoms with Crippen LogP contribution in [0.15, 0.2) is 65.8 Å². The van der Waals surface area contributed by atoms with Gasteiger partial charge in [0.2, 0.25) is 0 Å². The van der Waals surface area contributed by atoms with Crippen molar-refractivity contribution in [2.45, 2.75) is 13.5 Å². The van der Waals surface area contributed by atoms with Crippen molar-refractivity contribution in [1.82, 2.24) is 10.0 Å². The summed E-state index contributed by atoms with van der Waals surface area (Å²) in [7, 11) is 0. The summed E-state index contributed by atoms with van der Waals surface area (Å²) in [5, 5.41) is 20.8. The van der Waals surface area contributed by atoms with Crippen LogP contribution in [0, 0.1) is 0 Å². The number of ether oxygens (including phenoxy) is 1. The number of hydrogen-bond acceptors (Lipinski definition) is 5. The van der Waals surface area contributed by atoms with Crippen LogP contribution in [0.1, 0.15) is 28.5 Å². The van der Waals surface area contributed by atoms with Crippen LogP contribution >= 0.6 is 0 Å². The van der Waals surface area contributed by atoms with Gasteiger partial charge in [-0.3, -0.25) is 0 Å². The maximum Gasteiger partial charge on any atom is 0.383 e. The van der Waals surface area contributed by atoms with Gasteiger partial charge in [0.05, 0.1) is 12.8 Å². The lowest BCUT2D eigenvalue weighted by atomic mass is 10.2. The fourth-order valence-electron chi connectivity index (χ4n) is 2.39. The molecule has 3 aromatic rings. The van der Waals surface area contributed by atoms with Crippen LogP contribution in [0.4, 0.5) is 0 Å². The zero-order valence-corrected chi connectivity index (χ0v) is 14.3. The van der Waals surface area contributed by atoms with Crippen LogP contribution in [-0.4, -0.2) is 28.8 Å². The molecule has 0 aliphatic carbocycles. The van der Waals surface area contributed by atoms with Crippen molar-refractivity contribution in [3.8, 4) is 5.88 Å². The Morgan fingerprint density at radius 2 is 1.85 bits per heavy atom. The second kappa shape index (κ2) is 8.06. The minimum atomic E-state index is -0.713. The Hall–Kier alpha value is -3.48. The average Bonchev–Trinajstić information content (AvgIpc) is 2.97. The molecule has 0 saturated carbocycles. The van der Waals surface area contributed by atoms with Gasteiger partial charge in [0.1, 0.15) is 11.8 Å². The number of benzene rings is 2. The number of carbonyl (C=O) groups is 1. The molecular formula is C19H18N4O3. The van der Waals surface area contributed by atoms with Gasteiger partial charge in [-0.1, -0.05) is 65.8 Å².